The lowest BCUT2D eigenvalue weighted by molar-refractivity contribution is -0.150. The van der Waals surface area contributed by atoms with Gasteiger partial charge < -0.3 is 10.1 Å². The van der Waals surface area contributed by atoms with Gasteiger partial charge in [-0.2, -0.15) is 0 Å². The Balaban J connectivity index is 2.82. The van der Waals surface area contributed by atoms with Gasteiger partial charge >= 0.3 is 5.97 Å². The van der Waals surface area contributed by atoms with Crippen molar-refractivity contribution in [1.29, 1.82) is 0 Å². The Hall–Kier alpha value is -0.620. The van der Waals surface area contributed by atoms with Crippen molar-refractivity contribution in [2.45, 2.75) is 32.2 Å². The van der Waals surface area contributed by atoms with Crippen LogP contribution in [0.5, 0.6) is 0 Å². The van der Waals surface area contributed by atoms with E-state index in [0.717, 1.165) is 6.42 Å². The lowest BCUT2D eigenvalue weighted by Gasteiger charge is -2.26. The fourth-order valence-electron chi connectivity index (χ4n) is 1.86. The van der Waals surface area contributed by atoms with E-state index in [1.807, 2.05) is 6.92 Å². The maximum absolute atomic E-state index is 11.8. The summed E-state index contributed by atoms with van der Waals surface area (Å²) in [6, 6.07) is 0. The predicted octanol–water partition coefficient (Wildman–Crippen LogP) is 0.106. The van der Waals surface area contributed by atoms with Crippen LogP contribution in [-0.2, 0) is 19.4 Å². The minimum absolute atomic E-state index is 0.0581. The van der Waals surface area contributed by atoms with E-state index in [0.29, 0.717) is 13.0 Å². The first-order valence-electron chi connectivity index (χ1n) is 5.58. The highest BCUT2D eigenvalue weighted by atomic mass is 32.2. The van der Waals surface area contributed by atoms with Crippen LogP contribution in [0.15, 0.2) is 0 Å². The molecule has 1 fully saturated rings. The van der Waals surface area contributed by atoms with Crippen LogP contribution in [0.2, 0.25) is 0 Å². The van der Waals surface area contributed by atoms with Gasteiger partial charge in [0.2, 0.25) is 0 Å². The van der Waals surface area contributed by atoms with E-state index in [9.17, 15) is 13.2 Å². The Morgan fingerprint density at radius 2 is 2.12 bits per heavy atom. The van der Waals surface area contributed by atoms with E-state index in [-0.39, 0.29) is 18.1 Å². The normalized spacial score (nSPS) is 27.9. The number of hydrogen-bond donors (Lipinski definition) is 1. The molecule has 0 aromatic heterocycles. The Labute approximate surface area is 96.5 Å². The minimum Gasteiger partial charge on any atom is -0.465 e. The number of sulfone groups is 1. The second kappa shape index (κ2) is 5.14. The van der Waals surface area contributed by atoms with E-state index >= 15 is 0 Å². The summed E-state index contributed by atoms with van der Waals surface area (Å²) in [5, 5.41) is 3.03. The zero-order valence-electron chi connectivity index (χ0n) is 9.78. The van der Waals surface area contributed by atoms with E-state index in [1.165, 1.54) is 0 Å². The summed E-state index contributed by atoms with van der Waals surface area (Å²) in [5.41, 5.74) is -1.01. The average Bonchev–Trinajstić information content (AvgIpc) is 2.53. The standard InChI is InChI=1S/C10H19NO4S/c1-3-6-11-10(9(12)15-4-2)5-7-16(13,14)8-10/h11H,3-8H2,1-2H3. The molecule has 0 aromatic carbocycles. The molecule has 0 saturated carbocycles. The summed E-state index contributed by atoms with van der Waals surface area (Å²) >= 11 is 0. The molecule has 0 radical (unpaired) electrons. The predicted molar refractivity (Wildman–Crippen MR) is 60.9 cm³/mol. The number of carbonyl (C=O) groups excluding carboxylic acids is 1. The molecule has 0 aliphatic carbocycles. The van der Waals surface area contributed by atoms with Crippen molar-refractivity contribution in [3.8, 4) is 0 Å². The number of hydrogen-bond acceptors (Lipinski definition) is 5. The molecule has 6 heteroatoms. The first-order valence-corrected chi connectivity index (χ1v) is 7.40. The molecule has 1 saturated heterocycles. The van der Waals surface area contributed by atoms with Crippen molar-refractivity contribution in [2.75, 3.05) is 24.7 Å². The molecule has 94 valence electrons. The maximum Gasteiger partial charge on any atom is 0.327 e. The SMILES string of the molecule is CCCNC1(C(=O)OCC)CCS(=O)(=O)C1. The van der Waals surface area contributed by atoms with Crippen molar-refractivity contribution < 1.29 is 17.9 Å². The maximum atomic E-state index is 11.8. The van der Waals surface area contributed by atoms with Crippen LogP contribution in [0.25, 0.3) is 0 Å². The van der Waals surface area contributed by atoms with Crippen LogP contribution >= 0.6 is 0 Å². The molecular formula is C10H19NO4S. The average molecular weight is 249 g/mol. The third-order valence-corrected chi connectivity index (χ3v) is 4.44. The summed E-state index contributed by atoms with van der Waals surface area (Å²) < 4.78 is 27.9. The topological polar surface area (TPSA) is 72.5 Å². The van der Waals surface area contributed by atoms with E-state index in [4.69, 9.17) is 4.74 Å². The monoisotopic (exact) mass is 249 g/mol. The van der Waals surface area contributed by atoms with Crippen molar-refractivity contribution in [3.05, 3.63) is 0 Å². The number of carbonyl (C=O) groups is 1. The van der Waals surface area contributed by atoms with Crippen LogP contribution in [0.1, 0.15) is 26.7 Å². The summed E-state index contributed by atoms with van der Waals surface area (Å²) in [7, 11) is -3.11. The highest BCUT2D eigenvalue weighted by Crippen LogP contribution is 2.25. The third-order valence-electron chi connectivity index (χ3n) is 2.69. The molecule has 1 N–H and O–H groups in total. The van der Waals surface area contributed by atoms with Gasteiger partial charge in [-0.3, -0.25) is 4.79 Å². The van der Waals surface area contributed by atoms with Crippen LogP contribution in [0, 0.1) is 0 Å². The molecule has 1 heterocycles. The molecular weight excluding hydrogens is 230 g/mol. The van der Waals surface area contributed by atoms with E-state index in [2.05, 4.69) is 5.32 Å². The summed E-state index contributed by atoms with van der Waals surface area (Å²) in [6.45, 7) is 4.58. The van der Waals surface area contributed by atoms with Gasteiger partial charge in [-0.25, -0.2) is 8.42 Å². The molecule has 0 amide bonds. The summed E-state index contributed by atoms with van der Waals surface area (Å²) in [4.78, 5) is 11.8. The molecule has 1 rings (SSSR count). The second-order valence-corrected chi connectivity index (χ2v) is 6.26. The zero-order chi connectivity index (χ0) is 12.2. The molecule has 0 aromatic rings. The summed E-state index contributed by atoms with van der Waals surface area (Å²) in [5.74, 6) is -0.522. The molecule has 0 spiro atoms. The highest BCUT2D eigenvalue weighted by molar-refractivity contribution is 7.91. The van der Waals surface area contributed by atoms with Gasteiger partial charge in [-0.05, 0) is 26.3 Å². The van der Waals surface area contributed by atoms with Crippen molar-refractivity contribution in [1.82, 2.24) is 5.32 Å². The Bertz CT molecular complexity index is 352. The van der Waals surface area contributed by atoms with Crippen LogP contribution < -0.4 is 5.32 Å². The highest BCUT2D eigenvalue weighted by Gasteiger charge is 2.48. The van der Waals surface area contributed by atoms with Gasteiger partial charge in [0, 0.05) is 0 Å². The smallest absolute Gasteiger partial charge is 0.327 e. The van der Waals surface area contributed by atoms with Crippen LogP contribution in [0.3, 0.4) is 0 Å². The number of nitrogens with one attached hydrogen (secondary N) is 1. The van der Waals surface area contributed by atoms with E-state index < -0.39 is 21.3 Å². The number of ether oxygens (including phenoxy) is 1. The van der Waals surface area contributed by atoms with Gasteiger partial charge in [0.1, 0.15) is 5.54 Å². The number of rotatable bonds is 5. The zero-order valence-corrected chi connectivity index (χ0v) is 10.6. The van der Waals surface area contributed by atoms with Crippen molar-refractivity contribution in [2.24, 2.45) is 0 Å². The third kappa shape index (κ3) is 2.95. The van der Waals surface area contributed by atoms with Gasteiger partial charge in [-0.1, -0.05) is 6.92 Å². The largest absolute Gasteiger partial charge is 0.465 e. The lowest BCUT2D eigenvalue weighted by Crippen LogP contribution is -2.54. The molecule has 1 aliphatic rings. The van der Waals surface area contributed by atoms with Crippen molar-refractivity contribution >= 4 is 15.8 Å². The fraction of sp³-hybridized carbons (Fsp3) is 0.900. The Morgan fingerprint density at radius 3 is 2.56 bits per heavy atom. The van der Waals surface area contributed by atoms with Gasteiger partial charge in [-0.15, -0.1) is 0 Å². The molecule has 1 unspecified atom stereocenters. The van der Waals surface area contributed by atoms with Crippen molar-refractivity contribution in [3.63, 3.8) is 0 Å². The van der Waals surface area contributed by atoms with Crippen LogP contribution in [-0.4, -0.2) is 44.6 Å². The Kier molecular flexibility index (Phi) is 4.32. The minimum atomic E-state index is -3.11. The van der Waals surface area contributed by atoms with Gasteiger partial charge in [0.05, 0.1) is 18.1 Å². The molecule has 5 nitrogen and oxygen atoms in total. The lowest BCUT2D eigenvalue weighted by atomic mass is 9.99. The fourth-order valence-corrected chi connectivity index (χ4v) is 3.77. The van der Waals surface area contributed by atoms with E-state index in [1.54, 1.807) is 6.92 Å². The van der Waals surface area contributed by atoms with Gasteiger partial charge in [0.25, 0.3) is 0 Å². The second-order valence-electron chi connectivity index (χ2n) is 4.07. The first kappa shape index (κ1) is 13.4. The van der Waals surface area contributed by atoms with Crippen LogP contribution in [0.4, 0.5) is 0 Å². The molecule has 1 atom stereocenters. The Morgan fingerprint density at radius 1 is 1.44 bits per heavy atom. The molecule has 1 aliphatic heterocycles. The number of esters is 1. The molecule has 0 bridgehead atoms. The quantitative estimate of drug-likeness (QED) is 0.700. The first-order chi connectivity index (χ1) is 7.46. The van der Waals surface area contributed by atoms with Gasteiger partial charge in [0.15, 0.2) is 9.84 Å². The molecule has 16 heavy (non-hydrogen) atoms. The summed E-state index contributed by atoms with van der Waals surface area (Å²) in [6.07, 6.45) is 1.16.